The first-order valence-electron chi connectivity index (χ1n) is 16.3. The molecule has 5 heteroatoms. The lowest BCUT2D eigenvalue weighted by Crippen LogP contribution is -2.01. The van der Waals surface area contributed by atoms with Crippen LogP contribution in [0.4, 0.5) is 5.69 Å². The van der Waals surface area contributed by atoms with Gasteiger partial charge in [-0.3, -0.25) is 0 Å². The van der Waals surface area contributed by atoms with Crippen molar-refractivity contribution in [3.8, 4) is 45.8 Å². The monoisotopic (exact) mass is 635 g/mol. The first kappa shape index (κ1) is 28.8. The van der Waals surface area contributed by atoms with E-state index in [9.17, 15) is 10.5 Å². The highest BCUT2D eigenvalue weighted by molar-refractivity contribution is 6.12. The maximum atomic E-state index is 10.9. The first-order chi connectivity index (χ1) is 24.7. The van der Waals surface area contributed by atoms with E-state index in [2.05, 4.69) is 86.8 Å². The van der Waals surface area contributed by atoms with Crippen LogP contribution < -0.4 is 0 Å². The van der Waals surface area contributed by atoms with Crippen LogP contribution in [0.2, 0.25) is 0 Å². The van der Waals surface area contributed by atoms with Crippen LogP contribution >= 0.6 is 0 Å². The zero-order valence-corrected chi connectivity index (χ0v) is 26.7. The smallest absolute Gasteiger partial charge is 0.189 e. The highest BCUT2D eigenvalue weighted by atomic mass is 15.0. The van der Waals surface area contributed by atoms with Gasteiger partial charge in [0.15, 0.2) is 5.69 Å². The van der Waals surface area contributed by atoms with Crippen molar-refractivity contribution in [1.82, 2.24) is 9.13 Å². The molecular formula is C45H25N5. The second-order valence-corrected chi connectivity index (χ2v) is 12.2. The van der Waals surface area contributed by atoms with Crippen molar-refractivity contribution >= 4 is 49.3 Å². The average Bonchev–Trinajstić information content (AvgIpc) is 3.69. The second kappa shape index (κ2) is 11.4. The minimum absolute atomic E-state index is 0.542. The van der Waals surface area contributed by atoms with Gasteiger partial charge < -0.3 is 9.13 Å². The van der Waals surface area contributed by atoms with E-state index in [1.165, 1.54) is 0 Å². The van der Waals surface area contributed by atoms with Gasteiger partial charge in [-0.15, -0.1) is 0 Å². The van der Waals surface area contributed by atoms with Crippen LogP contribution in [-0.2, 0) is 0 Å². The van der Waals surface area contributed by atoms with Gasteiger partial charge in [-0.2, -0.15) is 10.5 Å². The van der Waals surface area contributed by atoms with E-state index in [4.69, 9.17) is 6.57 Å². The van der Waals surface area contributed by atoms with Crippen LogP contribution in [-0.4, -0.2) is 9.13 Å². The Kier molecular flexibility index (Phi) is 6.56. The fourth-order valence-electron chi connectivity index (χ4n) is 7.51. The Morgan fingerprint density at radius 2 is 1.00 bits per heavy atom. The summed E-state index contributed by atoms with van der Waals surface area (Å²) in [5.74, 6) is 0. The van der Waals surface area contributed by atoms with Crippen LogP contribution in [0.5, 0.6) is 0 Å². The van der Waals surface area contributed by atoms with Gasteiger partial charge in [-0.1, -0.05) is 103 Å². The molecule has 0 spiro atoms. The van der Waals surface area contributed by atoms with Gasteiger partial charge in [0.05, 0.1) is 51.7 Å². The molecule has 0 bridgehead atoms. The maximum absolute atomic E-state index is 10.9. The molecule has 0 aliphatic heterocycles. The third kappa shape index (κ3) is 4.24. The minimum atomic E-state index is 0.542. The lowest BCUT2D eigenvalue weighted by Gasteiger charge is -2.19. The summed E-state index contributed by atoms with van der Waals surface area (Å²) in [5, 5.41) is 24.8. The van der Waals surface area contributed by atoms with Gasteiger partial charge in [-0.25, -0.2) is 4.85 Å². The largest absolute Gasteiger partial charge is 0.310 e. The summed E-state index contributed by atoms with van der Waals surface area (Å²) in [6, 6.07) is 55.6. The molecule has 0 aliphatic rings. The molecule has 0 radical (unpaired) electrons. The van der Waals surface area contributed by atoms with E-state index in [0.29, 0.717) is 16.8 Å². The molecule has 0 saturated carbocycles. The summed E-state index contributed by atoms with van der Waals surface area (Å²) in [7, 11) is 0. The Bertz CT molecular complexity index is 2920. The SMILES string of the molecule is [C-]#[N+]c1ccc2c3cc(C#N)ccc3n(-c3ccccc3-c3ccccc3-c3cccc(-n4c5ccccc5c5ccccc54)c3C#N)c2c1. The van der Waals surface area contributed by atoms with Gasteiger partial charge >= 0.3 is 0 Å². The van der Waals surface area contributed by atoms with Crippen LogP contribution in [0.15, 0.2) is 152 Å². The number of para-hydroxylation sites is 3. The van der Waals surface area contributed by atoms with Crippen molar-refractivity contribution in [2.24, 2.45) is 0 Å². The highest BCUT2D eigenvalue weighted by Gasteiger charge is 2.21. The van der Waals surface area contributed by atoms with E-state index in [1.54, 1.807) is 0 Å². The fourth-order valence-corrected chi connectivity index (χ4v) is 7.51. The van der Waals surface area contributed by atoms with Crippen LogP contribution in [0.1, 0.15) is 11.1 Å². The Morgan fingerprint density at radius 3 is 1.70 bits per heavy atom. The molecule has 9 rings (SSSR count). The molecule has 0 amide bonds. The van der Waals surface area contributed by atoms with Crippen molar-refractivity contribution in [1.29, 1.82) is 10.5 Å². The number of nitriles is 2. The summed E-state index contributed by atoms with van der Waals surface area (Å²) >= 11 is 0. The third-order valence-corrected chi connectivity index (χ3v) is 9.64. The van der Waals surface area contributed by atoms with Crippen molar-refractivity contribution in [2.75, 3.05) is 0 Å². The van der Waals surface area contributed by atoms with E-state index >= 15 is 0 Å². The predicted molar refractivity (Wildman–Crippen MR) is 202 cm³/mol. The fraction of sp³-hybridized carbons (Fsp3) is 0. The first-order valence-corrected chi connectivity index (χ1v) is 16.3. The van der Waals surface area contributed by atoms with Crippen molar-refractivity contribution < 1.29 is 0 Å². The van der Waals surface area contributed by atoms with Crippen molar-refractivity contribution in [3.63, 3.8) is 0 Å². The van der Waals surface area contributed by atoms with Gasteiger partial charge in [0, 0.05) is 38.2 Å². The topological polar surface area (TPSA) is 61.8 Å². The summed E-state index contributed by atoms with van der Waals surface area (Å²) in [5.41, 5.74) is 11.1. The van der Waals surface area contributed by atoms with Gasteiger partial charge in [0.1, 0.15) is 6.07 Å². The van der Waals surface area contributed by atoms with Gasteiger partial charge in [0.25, 0.3) is 0 Å². The second-order valence-electron chi connectivity index (χ2n) is 12.2. The molecule has 7 aromatic carbocycles. The van der Waals surface area contributed by atoms with Crippen LogP contribution in [0.3, 0.4) is 0 Å². The maximum Gasteiger partial charge on any atom is 0.189 e. The standard InChI is InChI=1S/C45H25N5/c1-48-30-22-23-37-38-25-29(27-46)21-24-44(38)50(45(37)26-30)40-17-7-4-13-34(40)32-12-3-2-11-31(32)33-16-10-20-43(39(33)28-47)49-41-18-8-5-14-35(41)36-15-6-9-19-42(36)49/h2-26H. The Labute approximate surface area is 288 Å². The van der Waals surface area contributed by atoms with Crippen LogP contribution in [0.25, 0.3) is 82.1 Å². The molecule has 0 aliphatic carbocycles. The molecular weight excluding hydrogens is 611 g/mol. The number of fused-ring (bicyclic) bond motifs is 6. The minimum Gasteiger partial charge on any atom is -0.310 e. The zero-order valence-electron chi connectivity index (χ0n) is 26.7. The number of rotatable bonds is 4. The molecule has 5 nitrogen and oxygen atoms in total. The molecule has 2 heterocycles. The zero-order chi connectivity index (χ0) is 33.8. The molecule has 230 valence electrons. The van der Waals surface area contributed by atoms with E-state index in [-0.39, 0.29) is 0 Å². The third-order valence-electron chi connectivity index (χ3n) is 9.64. The Morgan fingerprint density at radius 1 is 0.440 bits per heavy atom. The molecule has 0 atom stereocenters. The lowest BCUT2D eigenvalue weighted by atomic mass is 9.90. The van der Waals surface area contributed by atoms with Crippen molar-refractivity contribution in [2.45, 2.75) is 0 Å². The molecule has 0 unspecified atom stereocenters. The quantitative estimate of drug-likeness (QED) is 0.181. The molecule has 0 fully saturated rings. The summed E-state index contributed by atoms with van der Waals surface area (Å²) in [4.78, 5) is 3.73. The number of benzene rings is 7. The van der Waals surface area contributed by atoms with E-state index in [0.717, 1.165) is 77.2 Å². The van der Waals surface area contributed by atoms with Gasteiger partial charge in [0.2, 0.25) is 0 Å². The number of hydrogen-bond acceptors (Lipinski definition) is 2. The number of aromatic nitrogens is 2. The average molecular weight is 636 g/mol. The lowest BCUT2D eigenvalue weighted by molar-refractivity contribution is 1.17. The summed E-state index contributed by atoms with van der Waals surface area (Å²) < 4.78 is 4.39. The molecule has 2 aromatic heterocycles. The van der Waals surface area contributed by atoms with Crippen LogP contribution in [0, 0.1) is 29.2 Å². The molecule has 0 N–H and O–H groups in total. The predicted octanol–water partition coefficient (Wildman–Crippen LogP) is 11.5. The van der Waals surface area contributed by atoms with Gasteiger partial charge in [-0.05, 0) is 59.7 Å². The number of hydrogen-bond donors (Lipinski definition) is 0. The number of nitrogens with zero attached hydrogens (tertiary/aromatic N) is 5. The summed E-state index contributed by atoms with van der Waals surface area (Å²) in [6.07, 6.45) is 0. The normalized spacial score (nSPS) is 11.1. The Balaban J connectivity index is 1.31. The Hall–Kier alpha value is -7.39. The molecule has 0 saturated heterocycles. The summed E-state index contributed by atoms with van der Waals surface area (Å²) in [6.45, 7) is 7.73. The van der Waals surface area contributed by atoms with E-state index in [1.807, 2.05) is 91.0 Å². The van der Waals surface area contributed by atoms with E-state index < -0.39 is 0 Å². The molecule has 9 aromatic rings. The van der Waals surface area contributed by atoms with Crippen molar-refractivity contribution in [3.05, 3.63) is 174 Å². The highest BCUT2D eigenvalue weighted by Crippen LogP contribution is 2.42. The molecule has 50 heavy (non-hydrogen) atoms.